The number of likely N-dealkylation sites (N-methyl/N-ethyl adjacent to an activating group) is 1. The summed E-state index contributed by atoms with van der Waals surface area (Å²) in [6, 6.07) is 3.40. The first-order valence-electron chi connectivity index (χ1n) is 7.36. The maximum Gasteiger partial charge on any atom is 0.0649 e. The number of thiophene rings is 1. The lowest BCUT2D eigenvalue weighted by molar-refractivity contribution is 0.258. The van der Waals surface area contributed by atoms with E-state index in [0.717, 1.165) is 24.9 Å². The molecule has 2 nitrogen and oxygen atoms in total. The zero-order valence-electron chi connectivity index (χ0n) is 12.5. The Bertz CT molecular complexity index is 387. The lowest BCUT2D eigenvalue weighted by Crippen LogP contribution is -2.41. The van der Waals surface area contributed by atoms with Crippen LogP contribution in [0.2, 0.25) is 0 Å². The van der Waals surface area contributed by atoms with Crippen molar-refractivity contribution < 1.29 is 0 Å². The zero-order valence-corrected chi connectivity index (χ0v) is 14.1. The summed E-state index contributed by atoms with van der Waals surface area (Å²) >= 11 is 3.94. The first kappa shape index (κ1) is 15.4. The highest BCUT2D eigenvalue weighted by Crippen LogP contribution is 2.43. The number of hydrogen-bond donors (Lipinski definition) is 1. The third-order valence-electron chi connectivity index (χ3n) is 3.82. The average Bonchev–Trinajstić information content (AvgIpc) is 2.84. The Morgan fingerprint density at radius 2 is 2.16 bits per heavy atom. The third-order valence-corrected chi connectivity index (χ3v) is 6.17. The topological polar surface area (TPSA) is 15.3 Å². The Kier molecular flexibility index (Phi) is 5.75. The van der Waals surface area contributed by atoms with Crippen molar-refractivity contribution >= 4 is 23.1 Å². The molecule has 19 heavy (non-hydrogen) atoms. The molecule has 0 aromatic carbocycles. The van der Waals surface area contributed by atoms with E-state index in [1.807, 2.05) is 23.1 Å². The van der Waals surface area contributed by atoms with Crippen molar-refractivity contribution in [2.75, 3.05) is 19.6 Å². The molecule has 2 heterocycles. The molecule has 0 bridgehead atoms. The Morgan fingerprint density at radius 3 is 2.84 bits per heavy atom. The molecule has 4 heteroatoms. The summed E-state index contributed by atoms with van der Waals surface area (Å²) in [4.78, 5) is 2.49. The largest absolute Gasteiger partial charge is 0.306 e. The van der Waals surface area contributed by atoms with E-state index in [9.17, 15) is 0 Å². The molecular weight excluding hydrogens is 272 g/mol. The van der Waals surface area contributed by atoms with Gasteiger partial charge in [0.25, 0.3) is 0 Å². The highest BCUT2D eigenvalue weighted by atomic mass is 32.2. The number of rotatable bonds is 6. The minimum Gasteiger partial charge on any atom is -0.306 e. The minimum atomic E-state index is 0.545. The molecule has 1 aromatic rings. The molecule has 0 fully saturated rings. The summed E-state index contributed by atoms with van der Waals surface area (Å²) in [6.45, 7) is 12.6. The van der Waals surface area contributed by atoms with Crippen LogP contribution in [0.25, 0.3) is 0 Å². The quantitative estimate of drug-likeness (QED) is 0.855. The molecule has 2 unspecified atom stereocenters. The van der Waals surface area contributed by atoms with Gasteiger partial charge in [0.1, 0.15) is 0 Å². The van der Waals surface area contributed by atoms with E-state index in [4.69, 9.17) is 0 Å². The predicted octanol–water partition coefficient (Wildman–Crippen LogP) is 3.99. The zero-order chi connectivity index (χ0) is 13.8. The Hall–Kier alpha value is -0.0300. The first-order valence-corrected chi connectivity index (χ1v) is 9.12. The van der Waals surface area contributed by atoms with Crippen molar-refractivity contribution in [1.29, 1.82) is 0 Å². The molecule has 1 N–H and O–H groups in total. The van der Waals surface area contributed by atoms with Crippen LogP contribution in [0.4, 0.5) is 0 Å². The summed E-state index contributed by atoms with van der Waals surface area (Å²) < 4.78 is 1.52. The standard InChI is InChI=1S/C15H26N2S2/c1-5-17(6-2)10-11(3)16-14-9-12(4)19-15-13(14)7-8-18-15/h7-8,11-12,14,16H,5-6,9-10H2,1-4H3/t11?,12-,14?/m0/s1. The van der Waals surface area contributed by atoms with E-state index in [0.29, 0.717) is 12.1 Å². The van der Waals surface area contributed by atoms with Crippen LogP contribution >= 0.6 is 23.1 Å². The van der Waals surface area contributed by atoms with E-state index in [1.165, 1.54) is 16.2 Å². The van der Waals surface area contributed by atoms with Gasteiger partial charge in [-0.1, -0.05) is 20.8 Å². The fourth-order valence-electron chi connectivity index (χ4n) is 2.77. The molecule has 0 saturated carbocycles. The summed E-state index contributed by atoms with van der Waals surface area (Å²) in [5, 5.41) is 6.80. The second-order valence-corrected chi connectivity index (χ2v) is 8.06. The van der Waals surface area contributed by atoms with Crippen LogP contribution in [-0.4, -0.2) is 35.8 Å². The average molecular weight is 299 g/mol. The van der Waals surface area contributed by atoms with Crippen LogP contribution in [0.15, 0.2) is 15.7 Å². The van der Waals surface area contributed by atoms with Gasteiger partial charge in [0.2, 0.25) is 0 Å². The lowest BCUT2D eigenvalue weighted by atomic mass is 10.0. The molecule has 0 saturated heterocycles. The fraction of sp³-hybridized carbons (Fsp3) is 0.733. The van der Waals surface area contributed by atoms with Gasteiger partial charge in [0.05, 0.1) is 4.21 Å². The number of fused-ring (bicyclic) bond motifs is 1. The molecule has 0 aliphatic carbocycles. The van der Waals surface area contributed by atoms with Crippen LogP contribution in [0.5, 0.6) is 0 Å². The molecule has 108 valence electrons. The maximum absolute atomic E-state index is 3.84. The van der Waals surface area contributed by atoms with Gasteiger partial charge in [-0.2, -0.15) is 0 Å². The SMILES string of the molecule is CCN(CC)CC(C)NC1C[C@H](C)Sc2sccc21. The first-order chi connectivity index (χ1) is 9.13. The van der Waals surface area contributed by atoms with Gasteiger partial charge in [0, 0.05) is 23.9 Å². The van der Waals surface area contributed by atoms with Gasteiger partial charge in [0.15, 0.2) is 0 Å². The Balaban J connectivity index is 1.96. The summed E-state index contributed by atoms with van der Waals surface area (Å²) in [5.41, 5.74) is 1.53. The second kappa shape index (κ2) is 7.11. The van der Waals surface area contributed by atoms with Gasteiger partial charge < -0.3 is 10.2 Å². The smallest absolute Gasteiger partial charge is 0.0649 e. The summed E-state index contributed by atoms with van der Waals surface area (Å²) in [6.07, 6.45) is 1.25. The van der Waals surface area contributed by atoms with Crippen LogP contribution in [-0.2, 0) is 0 Å². The highest BCUT2D eigenvalue weighted by molar-refractivity contribution is 8.01. The third kappa shape index (κ3) is 3.97. The molecule has 0 amide bonds. The number of nitrogens with zero attached hydrogens (tertiary/aromatic N) is 1. The Labute approximate surface area is 126 Å². The van der Waals surface area contributed by atoms with Gasteiger partial charge in [-0.05, 0) is 43.4 Å². The molecule has 0 radical (unpaired) electrons. The molecule has 0 spiro atoms. The van der Waals surface area contributed by atoms with Crippen molar-refractivity contribution in [3.8, 4) is 0 Å². The molecule has 2 rings (SSSR count). The van der Waals surface area contributed by atoms with E-state index in [2.05, 4.69) is 49.4 Å². The van der Waals surface area contributed by atoms with Gasteiger partial charge in [-0.25, -0.2) is 0 Å². The van der Waals surface area contributed by atoms with Crippen LogP contribution < -0.4 is 5.32 Å². The van der Waals surface area contributed by atoms with Crippen molar-refractivity contribution in [1.82, 2.24) is 10.2 Å². The molecule has 1 aliphatic heterocycles. The van der Waals surface area contributed by atoms with E-state index >= 15 is 0 Å². The van der Waals surface area contributed by atoms with Gasteiger partial charge in [-0.3, -0.25) is 0 Å². The van der Waals surface area contributed by atoms with Crippen molar-refractivity contribution in [3.05, 3.63) is 17.0 Å². The predicted molar refractivity (Wildman–Crippen MR) is 87.4 cm³/mol. The van der Waals surface area contributed by atoms with Gasteiger partial charge in [-0.15, -0.1) is 23.1 Å². The van der Waals surface area contributed by atoms with Gasteiger partial charge >= 0.3 is 0 Å². The Morgan fingerprint density at radius 1 is 1.42 bits per heavy atom. The number of hydrogen-bond acceptors (Lipinski definition) is 4. The molecule has 1 aliphatic rings. The highest BCUT2D eigenvalue weighted by Gasteiger charge is 2.27. The van der Waals surface area contributed by atoms with E-state index in [1.54, 1.807) is 0 Å². The number of thioether (sulfide) groups is 1. The van der Waals surface area contributed by atoms with Crippen molar-refractivity contribution in [3.63, 3.8) is 0 Å². The van der Waals surface area contributed by atoms with Crippen LogP contribution in [0, 0.1) is 0 Å². The number of nitrogens with one attached hydrogen (secondary N) is 1. The fourth-order valence-corrected chi connectivity index (χ4v) is 5.34. The van der Waals surface area contributed by atoms with E-state index < -0.39 is 0 Å². The van der Waals surface area contributed by atoms with Crippen LogP contribution in [0.3, 0.4) is 0 Å². The maximum atomic E-state index is 3.84. The minimum absolute atomic E-state index is 0.545. The van der Waals surface area contributed by atoms with Crippen molar-refractivity contribution in [2.45, 2.75) is 55.7 Å². The van der Waals surface area contributed by atoms with Crippen LogP contribution in [0.1, 0.15) is 45.7 Å². The summed E-state index contributed by atoms with van der Waals surface area (Å²) in [7, 11) is 0. The second-order valence-electron chi connectivity index (χ2n) is 5.43. The lowest BCUT2D eigenvalue weighted by Gasteiger charge is -2.32. The van der Waals surface area contributed by atoms with E-state index in [-0.39, 0.29) is 0 Å². The molecule has 3 atom stereocenters. The molecule has 1 aromatic heterocycles. The normalized spacial score (nSPS) is 24.5. The van der Waals surface area contributed by atoms with Crippen molar-refractivity contribution in [2.24, 2.45) is 0 Å². The monoisotopic (exact) mass is 298 g/mol. The molecular formula is C15H26N2S2. The summed E-state index contributed by atoms with van der Waals surface area (Å²) in [5.74, 6) is 0.